The predicted molar refractivity (Wildman–Crippen MR) is 67.2 cm³/mol. The summed E-state index contributed by atoms with van der Waals surface area (Å²) >= 11 is 0. The van der Waals surface area contributed by atoms with Gasteiger partial charge < -0.3 is 10.1 Å². The van der Waals surface area contributed by atoms with E-state index in [0.717, 1.165) is 19.1 Å². The lowest BCUT2D eigenvalue weighted by molar-refractivity contribution is -0.00166. The molecule has 2 unspecified atom stereocenters. The molecular weight excluding hydrogens is 186 g/mol. The molecular formula is C13H29NO. The predicted octanol–water partition coefficient (Wildman–Crippen LogP) is 3.22. The molecule has 0 rings (SSSR count). The molecule has 0 bridgehead atoms. The first kappa shape index (κ1) is 14.9. The van der Waals surface area contributed by atoms with E-state index in [2.05, 4.69) is 46.9 Å². The Labute approximate surface area is 95.8 Å². The summed E-state index contributed by atoms with van der Waals surface area (Å²) in [6.45, 7) is 14.8. The van der Waals surface area contributed by atoms with Crippen molar-refractivity contribution in [3.05, 3.63) is 0 Å². The van der Waals surface area contributed by atoms with Gasteiger partial charge in [-0.15, -0.1) is 0 Å². The van der Waals surface area contributed by atoms with Crippen molar-refractivity contribution in [3.8, 4) is 0 Å². The zero-order valence-corrected chi connectivity index (χ0v) is 11.4. The van der Waals surface area contributed by atoms with Crippen LogP contribution >= 0.6 is 0 Å². The molecule has 0 radical (unpaired) electrons. The topological polar surface area (TPSA) is 21.3 Å². The summed E-state index contributed by atoms with van der Waals surface area (Å²) in [5, 5.41) is 3.50. The summed E-state index contributed by atoms with van der Waals surface area (Å²) in [5.74, 6) is 0.816. The maximum absolute atomic E-state index is 5.65. The van der Waals surface area contributed by atoms with Crippen LogP contribution in [0.1, 0.15) is 54.4 Å². The van der Waals surface area contributed by atoms with Gasteiger partial charge in [-0.2, -0.15) is 0 Å². The number of ether oxygens (including phenoxy) is 1. The highest BCUT2D eigenvalue weighted by Gasteiger charge is 2.10. The van der Waals surface area contributed by atoms with Crippen molar-refractivity contribution >= 4 is 0 Å². The fourth-order valence-electron chi connectivity index (χ4n) is 1.52. The minimum absolute atomic E-state index is 0.0123. The van der Waals surface area contributed by atoms with E-state index < -0.39 is 0 Å². The van der Waals surface area contributed by atoms with Gasteiger partial charge in [-0.05, 0) is 40.0 Å². The number of hydrogen-bond donors (Lipinski definition) is 1. The average molecular weight is 215 g/mol. The molecule has 0 aliphatic heterocycles. The van der Waals surface area contributed by atoms with Gasteiger partial charge in [0.25, 0.3) is 0 Å². The van der Waals surface area contributed by atoms with Crippen LogP contribution in [0.15, 0.2) is 0 Å². The van der Waals surface area contributed by atoms with Crippen molar-refractivity contribution in [1.82, 2.24) is 5.32 Å². The molecule has 0 aliphatic carbocycles. The molecule has 0 aromatic rings. The van der Waals surface area contributed by atoms with Crippen LogP contribution in [0.5, 0.6) is 0 Å². The van der Waals surface area contributed by atoms with Gasteiger partial charge in [0.2, 0.25) is 0 Å². The number of rotatable bonds is 7. The standard InChI is InChI=1S/C13H29NO/c1-7-11(2)10-12(3)14-8-9-15-13(4,5)6/h11-12,14H,7-10H2,1-6H3. The molecule has 0 aromatic carbocycles. The minimum atomic E-state index is -0.0123. The smallest absolute Gasteiger partial charge is 0.0599 e. The Morgan fingerprint density at radius 1 is 1.20 bits per heavy atom. The third-order valence-corrected chi connectivity index (χ3v) is 2.58. The SMILES string of the molecule is CCC(C)CC(C)NCCOC(C)(C)C. The van der Waals surface area contributed by atoms with Crippen LogP contribution in [0, 0.1) is 5.92 Å². The lowest BCUT2D eigenvalue weighted by Crippen LogP contribution is -2.33. The average Bonchev–Trinajstić information content (AvgIpc) is 2.11. The van der Waals surface area contributed by atoms with Crippen molar-refractivity contribution in [1.29, 1.82) is 0 Å². The molecule has 0 spiro atoms. The monoisotopic (exact) mass is 215 g/mol. The molecule has 0 saturated carbocycles. The van der Waals surface area contributed by atoms with E-state index >= 15 is 0 Å². The van der Waals surface area contributed by atoms with Gasteiger partial charge >= 0.3 is 0 Å². The van der Waals surface area contributed by atoms with E-state index in [1.165, 1.54) is 12.8 Å². The summed E-state index contributed by atoms with van der Waals surface area (Å²) in [4.78, 5) is 0. The Kier molecular flexibility index (Phi) is 7.20. The molecule has 0 heterocycles. The molecule has 92 valence electrons. The lowest BCUT2D eigenvalue weighted by atomic mass is 10.0. The van der Waals surface area contributed by atoms with E-state index in [1.54, 1.807) is 0 Å². The van der Waals surface area contributed by atoms with Gasteiger partial charge in [-0.1, -0.05) is 20.3 Å². The Morgan fingerprint density at radius 3 is 2.27 bits per heavy atom. The highest BCUT2D eigenvalue weighted by molar-refractivity contribution is 4.65. The lowest BCUT2D eigenvalue weighted by Gasteiger charge is -2.21. The van der Waals surface area contributed by atoms with Crippen LogP contribution in [-0.4, -0.2) is 24.8 Å². The van der Waals surface area contributed by atoms with Crippen molar-refractivity contribution < 1.29 is 4.74 Å². The zero-order valence-electron chi connectivity index (χ0n) is 11.4. The molecule has 0 saturated heterocycles. The zero-order chi connectivity index (χ0) is 11.9. The Hall–Kier alpha value is -0.0800. The van der Waals surface area contributed by atoms with Crippen molar-refractivity contribution in [3.63, 3.8) is 0 Å². The van der Waals surface area contributed by atoms with Crippen molar-refractivity contribution in [2.24, 2.45) is 5.92 Å². The second kappa shape index (κ2) is 7.24. The molecule has 2 atom stereocenters. The quantitative estimate of drug-likeness (QED) is 0.658. The van der Waals surface area contributed by atoms with Crippen LogP contribution in [0.3, 0.4) is 0 Å². The van der Waals surface area contributed by atoms with E-state index in [4.69, 9.17) is 4.74 Å². The van der Waals surface area contributed by atoms with E-state index in [9.17, 15) is 0 Å². The van der Waals surface area contributed by atoms with Gasteiger partial charge in [-0.3, -0.25) is 0 Å². The first-order chi connectivity index (χ1) is 6.85. The van der Waals surface area contributed by atoms with Gasteiger partial charge in [0.05, 0.1) is 12.2 Å². The highest BCUT2D eigenvalue weighted by Crippen LogP contribution is 2.09. The minimum Gasteiger partial charge on any atom is -0.375 e. The Balaban J connectivity index is 3.43. The third-order valence-electron chi connectivity index (χ3n) is 2.58. The number of hydrogen-bond acceptors (Lipinski definition) is 2. The summed E-state index contributed by atoms with van der Waals surface area (Å²) in [6, 6.07) is 0.600. The summed E-state index contributed by atoms with van der Waals surface area (Å²) in [5.41, 5.74) is -0.0123. The van der Waals surface area contributed by atoms with Crippen LogP contribution in [-0.2, 0) is 4.74 Å². The fraction of sp³-hybridized carbons (Fsp3) is 1.00. The third kappa shape index (κ3) is 10.2. The second-order valence-electron chi connectivity index (χ2n) is 5.57. The molecule has 2 nitrogen and oxygen atoms in total. The van der Waals surface area contributed by atoms with Gasteiger partial charge in [0, 0.05) is 12.6 Å². The van der Waals surface area contributed by atoms with Gasteiger partial charge in [-0.25, -0.2) is 0 Å². The first-order valence-corrected chi connectivity index (χ1v) is 6.22. The van der Waals surface area contributed by atoms with E-state index in [-0.39, 0.29) is 5.60 Å². The number of nitrogens with one attached hydrogen (secondary N) is 1. The Bertz CT molecular complexity index is 151. The van der Waals surface area contributed by atoms with Gasteiger partial charge in [0.15, 0.2) is 0 Å². The van der Waals surface area contributed by atoms with E-state index in [0.29, 0.717) is 6.04 Å². The highest BCUT2D eigenvalue weighted by atomic mass is 16.5. The normalized spacial score (nSPS) is 16.4. The van der Waals surface area contributed by atoms with Crippen LogP contribution in [0.25, 0.3) is 0 Å². The largest absolute Gasteiger partial charge is 0.375 e. The second-order valence-corrected chi connectivity index (χ2v) is 5.57. The summed E-state index contributed by atoms with van der Waals surface area (Å²) in [7, 11) is 0. The molecule has 1 N–H and O–H groups in total. The Morgan fingerprint density at radius 2 is 1.80 bits per heavy atom. The maximum atomic E-state index is 5.65. The summed E-state index contributed by atoms with van der Waals surface area (Å²) in [6.07, 6.45) is 2.52. The van der Waals surface area contributed by atoms with Gasteiger partial charge in [0.1, 0.15) is 0 Å². The molecule has 0 fully saturated rings. The molecule has 0 amide bonds. The molecule has 2 heteroatoms. The molecule has 15 heavy (non-hydrogen) atoms. The van der Waals surface area contributed by atoms with Crippen molar-refractivity contribution in [2.45, 2.75) is 66.0 Å². The molecule has 0 aromatic heterocycles. The van der Waals surface area contributed by atoms with Crippen LogP contribution in [0.4, 0.5) is 0 Å². The van der Waals surface area contributed by atoms with E-state index in [1.807, 2.05) is 0 Å². The van der Waals surface area contributed by atoms with Crippen LogP contribution in [0.2, 0.25) is 0 Å². The fourth-order valence-corrected chi connectivity index (χ4v) is 1.52. The van der Waals surface area contributed by atoms with Crippen LogP contribution < -0.4 is 5.32 Å². The van der Waals surface area contributed by atoms with Crippen molar-refractivity contribution in [2.75, 3.05) is 13.2 Å². The molecule has 0 aliphatic rings. The maximum Gasteiger partial charge on any atom is 0.0599 e. The first-order valence-electron chi connectivity index (χ1n) is 6.22. The summed E-state index contributed by atoms with van der Waals surface area (Å²) < 4.78 is 5.65.